The van der Waals surface area contributed by atoms with Crippen LogP contribution >= 0.6 is 23.6 Å². The van der Waals surface area contributed by atoms with Crippen LogP contribution in [-0.4, -0.2) is 5.37 Å². The van der Waals surface area contributed by atoms with Crippen molar-refractivity contribution in [3.05, 3.63) is 21.9 Å². The molecular weight excluding hydrogens is 172 g/mol. The highest BCUT2D eigenvalue weighted by Crippen LogP contribution is 2.16. The summed E-state index contributed by atoms with van der Waals surface area (Å²) in [6.45, 7) is 2.22. The minimum Gasteiger partial charge on any atom is -0.140 e. The lowest BCUT2D eigenvalue weighted by atomic mass is 10.2. The summed E-state index contributed by atoms with van der Waals surface area (Å²) in [4.78, 5) is 2.68. The number of hydrogen-bond donors (Lipinski definition) is 0. The van der Waals surface area contributed by atoms with Crippen molar-refractivity contribution in [2.75, 3.05) is 0 Å². The lowest BCUT2D eigenvalue weighted by Gasteiger charge is -1.91. The topological polar surface area (TPSA) is 0 Å². The Kier molecular flexibility index (Phi) is 3.73. The molecule has 1 heterocycles. The third kappa shape index (κ3) is 2.72. The van der Waals surface area contributed by atoms with Crippen molar-refractivity contribution in [2.45, 2.75) is 26.2 Å². The predicted molar refractivity (Wildman–Crippen MR) is 55.7 cm³/mol. The Balaban J connectivity index is 2.51. The molecule has 0 saturated heterocycles. The van der Waals surface area contributed by atoms with Crippen LogP contribution in [-0.2, 0) is 6.42 Å². The summed E-state index contributed by atoms with van der Waals surface area (Å²) in [6, 6.07) is 4.28. The van der Waals surface area contributed by atoms with Crippen LogP contribution in [0, 0.1) is 0 Å². The van der Waals surface area contributed by atoms with Gasteiger partial charge in [-0.1, -0.05) is 25.6 Å². The molecule has 0 unspecified atom stereocenters. The summed E-state index contributed by atoms with van der Waals surface area (Å²) in [5.74, 6) is 0. The lowest BCUT2D eigenvalue weighted by molar-refractivity contribution is 0.804. The van der Waals surface area contributed by atoms with Gasteiger partial charge in [0, 0.05) is 15.1 Å². The Morgan fingerprint density at radius 2 is 2.36 bits per heavy atom. The van der Waals surface area contributed by atoms with Crippen molar-refractivity contribution in [2.24, 2.45) is 0 Å². The molecule has 1 aromatic heterocycles. The summed E-state index contributed by atoms with van der Waals surface area (Å²) < 4.78 is 0. The van der Waals surface area contributed by atoms with Gasteiger partial charge in [0.25, 0.3) is 0 Å². The normalized spacial score (nSPS) is 9.91. The van der Waals surface area contributed by atoms with E-state index in [1.165, 1.54) is 29.0 Å². The van der Waals surface area contributed by atoms with Crippen LogP contribution in [0.15, 0.2) is 12.1 Å². The predicted octanol–water partition coefficient (Wildman–Crippen LogP) is 3.44. The first kappa shape index (κ1) is 8.88. The molecule has 11 heavy (non-hydrogen) atoms. The van der Waals surface area contributed by atoms with E-state index in [2.05, 4.69) is 19.1 Å². The second kappa shape index (κ2) is 4.62. The fraction of sp³-hybridized carbons (Fsp3) is 0.444. The van der Waals surface area contributed by atoms with Gasteiger partial charge in [0.05, 0.1) is 0 Å². The maximum Gasteiger partial charge on any atom is 0.0380 e. The van der Waals surface area contributed by atoms with Crippen LogP contribution < -0.4 is 0 Å². The van der Waals surface area contributed by atoms with Gasteiger partial charge in [-0.25, -0.2) is 0 Å². The van der Waals surface area contributed by atoms with Gasteiger partial charge in [-0.05, 0) is 25.0 Å². The molecule has 0 bridgehead atoms. The molecular formula is C9H12S2. The number of rotatable bonds is 4. The van der Waals surface area contributed by atoms with Crippen molar-refractivity contribution in [3.8, 4) is 0 Å². The zero-order valence-corrected chi connectivity index (χ0v) is 8.30. The van der Waals surface area contributed by atoms with Crippen molar-refractivity contribution >= 4 is 28.9 Å². The minimum atomic E-state index is 1.21. The van der Waals surface area contributed by atoms with E-state index < -0.39 is 0 Å². The van der Waals surface area contributed by atoms with E-state index in [1.54, 1.807) is 5.37 Å². The Hall–Kier alpha value is -0.210. The summed E-state index contributed by atoms with van der Waals surface area (Å²) in [5.41, 5.74) is 0. The fourth-order valence-electron chi connectivity index (χ4n) is 0.943. The van der Waals surface area contributed by atoms with E-state index in [-0.39, 0.29) is 0 Å². The van der Waals surface area contributed by atoms with Gasteiger partial charge in [-0.3, -0.25) is 0 Å². The highest BCUT2D eigenvalue weighted by molar-refractivity contribution is 7.79. The number of thiocarbonyl (C=S) groups is 1. The van der Waals surface area contributed by atoms with Gasteiger partial charge in [0.15, 0.2) is 0 Å². The summed E-state index contributed by atoms with van der Waals surface area (Å²) >= 11 is 6.64. The molecule has 1 aromatic rings. The first-order valence-electron chi connectivity index (χ1n) is 3.90. The van der Waals surface area contributed by atoms with Crippen LogP contribution in [0.4, 0.5) is 0 Å². The Labute approximate surface area is 77.3 Å². The summed E-state index contributed by atoms with van der Waals surface area (Å²) in [7, 11) is 0. The largest absolute Gasteiger partial charge is 0.140 e. The highest BCUT2D eigenvalue weighted by atomic mass is 32.1. The molecule has 0 radical (unpaired) electrons. The Morgan fingerprint density at radius 1 is 1.55 bits per heavy atom. The standard InChI is InChI=1S/C9H12S2/c1-2-3-4-8-5-6-9(7-10)11-8/h5-7H,2-4H2,1H3. The third-order valence-electron chi connectivity index (χ3n) is 1.58. The van der Waals surface area contributed by atoms with E-state index in [1.807, 2.05) is 11.3 Å². The molecule has 0 fully saturated rings. The van der Waals surface area contributed by atoms with Crippen molar-refractivity contribution in [1.29, 1.82) is 0 Å². The average Bonchev–Trinajstić information content (AvgIpc) is 2.48. The summed E-state index contributed by atoms with van der Waals surface area (Å²) in [5, 5.41) is 1.75. The second-order valence-corrected chi connectivity index (χ2v) is 3.96. The molecule has 2 heteroatoms. The van der Waals surface area contributed by atoms with Crippen LogP contribution in [0.25, 0.3) is 0 Å². The van der Waals surface area contributed by atoms with E-state index in [9.17, 15) is 0 Å². The number of unbranched alkanes of at least 4 members (excludes halogenated alkanes) is 1. The van der Waals surface area contributed by atoms with Gasteiger partial charge in [0.2, 0.25) is 0 Å². The van der Waals surface area contributed by atoms with Crippen LogP contribution in [0.1, 0.15) is 29.5 Å². The summed E-state index contributed by atoms with van der Waals surface area (Å²) in [6.07, 6.45) is 3.77. The molecule has 0 aliphatic heterocycles. The SMILES string of the molecule is CCCCc1ccc(C=S)s1. The second-order valence-electron chi connectivity index (χ2n) is 2.53. The van der Waals surface area contributed by atoms with E-state index >= 15 is 0 Å². The first-order chi connectivity index (χ1) is 5.36. The number of aryl methyl sites for hydroxylation is 1. The molecule has 0 aliphatic carbocycles. The molecule has 0 atom stereocenters. The van der Waals surface area contributed by atoms with Crippen LogP contribution in [0.2, 0.25) is 0 Å². The van der Waals surface area contributed by atoms with Gasteiger partial charge < -0.3 is 0 Å². The Morgan fingerprint density at radius 3 is 2.91 bits per heavy atom. The van der Waals surface area contributed by atoms with Crippen LogP contribution in [0.3, 0.4) is 0 Å². The molecule has 0 aliphatic rings. The molecule has 0 nitrogen and oxygen atoms in total. The van der Waals surface area contributed by atoms with Gasteiger partial charge in [-0.15, -0.1) is 11.3 Å². The monoisotopic (exact) mass is 184 g/mol. The van der Waals surface area contributed by atoms with Gasteiger partial charge >= 0.3 is 0 Å². The maximum atomic E-state index is 4.83. The van der Waals surface area contributed by atoms with Gasteiger partial charge in [-0.2, -0.15) is 0 Å². The smallest absolute Gasteiger partial charge is 0.0380 e. The van der Waals surface area contributed by atoms with Gasteiger partial charge in [0.1, 0.15) is 0 Å². The molecule has 0 N–H and O–H groups in total. The van der Waals surface area contributed by atoms with E-state index in [4.69, 9.17) is 12.2 Å². The minimum absolute atomic E-state index is 1.21. The fourth-order valence-corrected chi connectivity index (χ4v) is 2.04. The number of hydrogen-bond acceptors (Lipinski definition) is 2. The maximum absolute atomic E-state index is 4.83. The molecule has 1 rings (SSSR count). The average molecular weight is 184 g/mol. The quantitative estimate of drug-likeness (QED) is 0.646. The zero-order valence-electron chi connectivity index (χ0n) is 6.67. The highest BCUT2D eigenvalue weighted by Gasteiger charge is 1.95. The van der Waals surface area contributed by atoms with E-state index in [0.717, 1.165) is 0 Å². The van der Waals surface area contributed by atoms with Crippen LogP contribution in [0.5, 0.6) is 0 Å². The lowest BCUT2D eigenvalue weighted by Crippen LogP contribution is -1.76. The zero-order chi connectivity index (χ0) is 8.10. The van der Waals surface area contributed by atoms with E-state index in [0.29, 0.717) is 0 Å². The molecule has 0 aromatic carbocycles. The molecule has 0 spiro atoms. The van der Waals surface area contributed by atoms with Crippen molar-refractivity contribution in [3.63, 3.8) is 0 Å². The number of thiophene rings is 1. The molecule has 0 amide bonds. The molecule has 0 saturated carbocycles. The Bertz CT molecular complexity index is 225. The van der Waals surface area contributed by atoms with Crippen molar-refractivity contribution < 1.29 is 0 Å². The van der Waals surface area contributed by atoms with Crippen molar-refractivity contribution in [1.82, 2.24) is 0 Å². The third-order valence-corrected chi connectivity index (χ3v) is 3.07. The first-order valence-corrected chi connectivity index (χ1v) is 5.19. The molecule has 60 valence electrons.